The van der Waals surface area contributed by atoms with Crippen molar-refractivity contribution in [3.05, 3.63) is 42.1 Å². The van der Waals surface area contributed by atoms with Gasteiger partial charge in [-0.25, -0.2) is 9.78 Å². The Labute approximate surface area is 186 Å². The quantitative estimate of drug-likeness (QED) is 0.338. The average Bonchev–Trinajstić information content (AvgIpc) is 2.76. The molecule has 0 aliphatic carbocycles. The monoisotopic (exact) mass is 422 g/mol. The molecular weight excluding hydrogens is 388 g/mol. The Kier molecular flexibility index (Phi) is 10.2. The van der Waals surface area contributed by atoms with Crippen molar-refractivity contribution in [1.82, 2.24) is 10.3 Å². The number of hydrogen-bond donors (Lipinski definition) is 2. The van der Waals surface area contributed by atoms with Crippen LogP contribution in [0.4, 0.5) is 16.3 Å². The fourth-order valence-corrected chi connectivity index (χ4v) is 3.00. The summed E-state index contributed by atoms with van der Waals surface area (Å²) < 4.78 is 6.16. The van der Waals surface area contributed by atoms with Crippen LogP contribution in [0.25, 0.3) is 0 Å². The summed E-state index contributed by atoms with van der Waals surface area (Å²) >= 11 is 0. The van der Waals surface area contributed by atoms with Crippen LogP contribution in [0.5, 0.6) is 11.5 Å². The Bertz CT molecular complexity index is 868. The molecule has 0 fully saturated rings. The third-order valence-corrected chi connectivity index (χ3v) is 4.80. The first-order valence-electron chi connectivity index (χ1n) is 11.0. The Morgan fingerprint density at radius 1 is 1.19 bits per heavy atom. The van der Waals surface area contributed by atoms with E-state index in [-0.39, 0.29) is 6.03 Å². The number of carbonyl (C=O) groups is 1. The fourth-order valence-electron chi connectivity index (χ4n) is 3.00. The largest absolute Gasteiger partial charge is 0.457 e. The molecule has 1 heterocycles. The van der Waals surface area contributed by atoms with E-state index in [1.807, 2.05) is 37.4 Å². The molecule has 0 spiro atoms. The van der Waals surface area contributed by atoms with Crippen molar-refractivity contribution in [2.45, 2.75) is 52.9 Å². The maximum atomic E-state index is 12.0. The summed E-state index contributed by atoms with van der Waals surface area (Å²) in [6, 6.07) is 9.04. The van der Waals surface area contributed by atoms with Gasteiger partial charge in [0.2, 0.25) is 0 Å². The molecule has 0 bridgehead atoms. The molecule has 1 aromatic heterocycles. The molecule has 0 radical (unpaired) electrons. The van der Waals surface area contributed by atoms with Crippen molar-refractivity contribution in [2.24, 2.45) is 0 Å². The number of ether oxygens (including phenoxy) is 1. The minimum atomic E-state index is -0.294. The molecule has 2 aromatic rings. The lowest BCUT2D eigenvalue weighted by molar-refractivity contribution is 0.252. The molecule has 6 heteroatoms. The maximum Gasteiger partial charge on any atom is 0.319 e. The molecule has 2 N–H and O–H groups in total. The molecule has 0 saturated heterocycles. The molecule has 6 nitrogen and oxygen atoms in total. The number of aromatic nitrogens is 1. The van der Waals surface area contributed by atoms with E-state index in [1.165, 1.54) is 0 Å². The van der Waals surface area contributed by atoms with Gasteiger partial charge < -0.3 is 20.3 Å². The van der Waals surface area contributed by atoms with Gasteiger partial charge in [-0.05, 0) is 31.9 Å². The standard InChI is InChI=1S/C25H34N4O2/c1-5-8-14-26-25(30)28-21-12-11-13-22(17-21)31-23-18-24(27-19-20(23)4)29(15-9-6-2)16-10-7-3/h1,11-13,17-19H,6-10,14-16H2,2-4H3,(H2,26,28,30). The lowest BCUT2D eigenvalue weighted by atomic mass is 10.2. The highest BCUT2D eigenvalue weighted by Gasteiger charge is 2.11. The van der Waals surface area contributed by atoms with Crippen LogP contribution >= 0.6 is 0 Å². The summed E-state index contributed by atoms with van der Waals surface area (Å²) in [5.74, 6) is 4.84. The van der Waals surface area contributed by atoms with Crippen LogP contribution in [0.1, 0.15) is 51.5 Å². The highest BCUT2D eigenvalue weighted by molar-refractivity contribution is 5.89. The van der Waals surface area contributed by atoms with Crippen LogP contribution < -0.4 is 20.3 Å². The van der Waals surface area contributed by atoms with Gasteiger partial charge in [0.25, 0.3) is 0 Å². The molecule has 2 amide bonds. The summed E-state index contributed by atoms with van der Waals surface area (Å²) in [7, 11) is 0. The normalized spacial score (nSPS) is 10.3. The maximum absolute atomic E-state index is 12.0. The predicted molar refractivity (Wildman–Crippen MR) is 128 cm³/mol. The molecule has 2 rings (SSSR count). The average molecular weight is 423 g/mol. The number of anilines is 2. The molecule has 166 valence electrons. The van der Waals surface area contributed by atoms with E-state index in [9.17, 15) is 4.79 Å². The number of unbranched alkanes of at least 4 members (excludes halogenated alkanes) is 2. The first kappa shape index (κ1) is 24.1. The summed E-state index contributed by atoms with van der Waals surface area (Å²) in [5, 5.41) is 5.51. The van der Waals surface area contributed by atoms with Crippen LogP contribution in [0.2, 0.25) is 0 Å². The number of carbonyl (C=O) groups excluding carboxylic acids is 1. The van der Waals surface area contributed by atoms with E-state index in [1.54, 1.807) is 6.07 Å². The smallest absolute Gasteiger partial charge is 0.319 e. The van der Waals surface area contributed by atoms with E-state index in [0.717, 1.165) is 55.9 Å². The zero-order valence-corrected chi connectivity index (χ0v) is 18.9. The predicted octanol–water partition coefficient (Wildman–Crippen LogP) is 5.73. The Balaban J connectivity index is 2.12. The molecule has 0 aliphatic heterocycles. The fraction of sp³-hybridized carbons (Fsp3) is 0.440. The van der Waals surface area contributed by atoms with Crippen LogP contribution in [-0.4, -0.2) is 30.6 Å². The summed E-state index contributed by atoms with van der Waals surface area (Å²) in [5.41, 5.74) is 1.61. The number of pyridine rings is 1. The number of terminal acetylenes is 1. The van der Waals surface area contributed by atoms with E-state index in [0.29, 0.717) is 24.4 Å². The molecule has 0 atom stereocenters. The van der Waals surface area contributed by atoms with Crippen LogP contribution in [0.15, 0.2) is 36.5 Å². The Hall–Kier alpha value is -3.20. The SMILES string of the molecule is C#CCCNC(=O)Nc1cccc(Oc2cc(N(CCCC)CCCC)ncc2C)c1. The molecule has 0 unspecified atom stereocenters. The second-order valence-corrected chi connectivity index (χ2v) is 7.47. The number of rotatable bonds is 12. The summed E-state index contributed by atoms with van der Waals surface area (Å²) in [6.07, 6.45) is 12.1. The minimum absolute atomic E-state index is 0.294. The zero-order valence-electron chi connectivity index (χ0n) is 18.9. The number of urea groups is 1. The van der Waals surface area contributed by atoms with E-state index in [2.05, 4.69) is 40.3 Å². The topological polar surface area (TPSA) is 66.5 Å². The number of benzene rings is 1. The first-order valence-corrected chi connectivity index (χ1v) is 11.0. The summed E-state index contributed by atoms with van der Waals surface area (Å²) in [6.45, 7) is 8.79. The van der Waals surface area contributed by atoms with E-state index >= 15 is 0 Å². The van der Waals surface area contributed by atoms with Gasteiger partial charge in [0, 0.05) is 55.6 Å². The lowest BCUT2D eigenvalue weighted by Gasteiger charge is -2.24. The van der Waals surface area contributed by atoms with E-state index in [4.69, 9.17) is 11.2 Å². The molecule has 0 saturated carbocycles. The lowest BCUT2D eigenvalue weighted by Crippen LogP contribution is -2.29. The number of aryl methyl sites for hydroxylation is 1. The van der Waals surface area contributed by atoms with Gasteiger partial charge in [-0.3, -0.25) is 0 Å². The second kappa shape index (κ2) is 13.2. The van der Waals surface area contributed by atoms with Crippen molar-refractivity contribution in [3.63, 3.8) is 0 Å². The van der Waals surface area contributed by atoms with Gasteiger partial charge in [-0.15, -0.1) is 12.3 Å². The van der Waals surface area contributed by atoms with Gasteiger partial charge in [0.15, 0.2) is 0 Å². The highest BCUT2D eigenvalue weighted by atomic mass is 16.5. The first-order chi connectivity index (χ1) is 15.1. The van der Waals surface area contributed by atoms with E-state index < -0.39 is 0 Å². The van der Waals surface area contributed by atoms with Gasteiger partial charge in [0.1, 0.15) is 17.3 Å². The minimum Gasteiger partial charge on any atom is -0.457 e. The molecular formula is C25H34N4O2. The van der Waals surface area contributed by atoms with Crippen molar-refractivity contribution in [1.29, 1.82) is 0 Å². The highest BCUT2D eigenvalue weighted by Crippen LogP contribution is 2.29. The van der Waals surface area contributed by atoms with Crippen molar-refractivity contribution >= 4 is 17.5 Å². The number of nitrogens with zero attached hydrogens (tertiary/aromatic N) is 2. The van der Waals surface area contributed by atoms with Gasteiger partial charge in [-0.1, -0.05) is 32.8 Å². The van der Waals surface area contributed by atoms with Crippen molar-refractivity contribution in [3.8, 4) is 23.8 Å². The molecule has 0 aliphatic rings. The van der Waals surface area contributed by atoms with Crippen molar-refractivity contribution < 1.29 is 9.53 Å². The summed E-state index contributed by atoms with van der Waals surface area (Å²) in [4.78, 5) is 18.9. The number of hydrogen-bond acceptors (Lipinski definition) is 4. The van der Waals surface area contributed by atoms with Gasteiger partial charge >= 0.3 is 6.03 Å². The third kappa shape index (κ3) is 8.21. The zero-order chi connectivity index (χ0) is 22.5. The number of amides is 2. The van der Waals surface area contributed by atoms with Gasteiger partial charge in [-0.2, -0.15) is 0 Å². The Morgan fingerprint density at radius 2 is 1.94 bits per heavy atom. The van der Waals surface area contributed by atoms with Gasteiger partial charge in [0.05, 0.1) is 0 Å². The molecule has 1 aromatic carbocycles. The Morgan fingerprint density at radius 3 is 2.61 bits per heavy atom. The van der Waals surface area contributed by atoms with Crippen molar-refractivity contribution in [2.75, 3.05) is 29.9 Å². The van der Waals surface area contributed by atoms with Crippen LogP contribution in [0, 0.1) is 19.3 Å². The third-order valence-electron chi connectivity index (χ3n) is 4.80. The van der Waals surface area contributed by atoms with Crippen LogP contribution in [-0.2, 0) is 0 Å². The molecule has 31 heavy (non-hydrogen) atoms. The second-order valence-electron chi connectivity index (χ2n) is 7.47. The van der Waals surface area contributed by atoms with Crippen LogP contribution in [0.3, 0.4) is 0 Å². The number of nitrogens with one attached hydrogen (secondary N) is 2.